The van der Waals surface area contributed by atoms with Crippen molar-refractivity contribution in [3.8, 4) is 22.4 Å². The average Bonchev–Trinajstić information content (AvgIpc) is 2.72. The zero-order chi connectivity index (χ0) is 12.3. The molecule has 17 heavy (non-hydrogen) atoms. The molecule has 0 unspecified atom stereocenters. The van der Waals surface area contributed by atoms with Gasteiger partial charge in [0, 0.05) is 10.4 Å². The quantitative estimate of drug-likeness (QED) is 0.833. The van der Waals surface area contributed by atoms with E-state index in [0.717, 1.165) is 26.9 Å². The Labute approximate surface area is 104 Å². The van der Waals surface area contributed by atoms with Crippen LogP contribution in [0.1, 0.15) is 10.6 Å². The van der Waals surface area contributed by atoms with Gasteiger partial charge in [0.2, 0.25) is 0 Å². The molecule has 0 N–H and O–H groups in total. The molecule has 1 heterocycles. The van der Waals surface area contributed by atoms with Crippen molar-refractivity contribution in [3.63, 3.8) is 0 Å². The molecule has 1 aromatic carbocycles. The molecule has 0 fully saturated rings. The van der Waals surface area contributed by atoms with Crippen LogP contribution in [0.2, 0.25) is 0 Å². The van der Waals surface area contributed by atoms with Gasteiger partial charge in [-0.05, 0) is 31.2 Å². The monoisotopic (exact) mass is 244 g/mol. The van der Waals surface area contributed by atoms with Gasteiger partial charge in [0.15, 0.2) is 0 Å². The molecule has 2 rings (SSSR count). The molecule has 1 aromatic heterocycles. The summed E-state index contributed by atoms with van der Waals surface area (Å²) < 4.78 is 5.11. The lowest BCUT2D eigenvalue weighted by molar-refractivity contribution is 0.415. The van der Waals surface area contributed by atoms with E-state index >= 15 is 0 Å². The highest BCUT2D eigenvalue weighted by Crippen LogP contribution is 2.29. The molecular formula is C13H12N2OS. The Balaban J connectivity index is 2.33. The minimum absolute atomic E-state index is 0.430. The van der Waals surface area contributed by atoms with Crippen LogP contribution >= 0.6 is 11.3 Å². The van der Waals surface area contributed by atoms with Crippen LogP contribution in [0.4, 0.5) is 0 Å². The van der Waals surface area contributed by atoms with Crippen molar-refractivity contribution in [2.75, 3.05) is 7.11 Å². The minimum atomic E-state index is 0.430. The summed E-state index contributed by atoms with van der Waals surface area (Å²) in [5.74, 6) is 0.833. The van der Waals surface area contributed by atoms with Crippen molar-refractivity contribution in [2.24, 2.45) is 0 Å². The number of nitrogens with zero attached hydrogens (tertiary/aromatic N) is 2. The molecule has 0 aliphatic rings. The summed E-state index contributed by atoms with van der Waals surface area (Å²) in [7, 11) is 1.65. The largest absolute Gasteiger partial charge is 0.497 e. The van der Waals surface area contributed by atoms with Crippen LogP contribution in [-0.4, -0.2) is 12.1 Å². The Morgan fingerprint density at radius 2 is 2.06 bits per heavy atom. The van der Waals surface area contributed by atoms with Gasteiger partial charge in [-0.2, -0.15) is 5.26 Å². The molecule has 0 bridgehead atoms. The van der Waals surface area contributed by atoms with Crippen LogP contribution in [0.15, 0.2) is 24.3 Å². The number of hydrogen-bond acceptors (Lipinski definition) is 4. The number of thiazole rings is 1. The van der Waals surface area contributed by atoms with Crippen LogP contribution in [0.3, 0.4) is 0 Å². The third kappa shape index (κ3) is 2.45. The third-order valence-corrected chi connectivity index (χ3v) is 3.68. The Hall–Kier alpha value is -1.86. The molecule has 4 heteroatoms. The number of hydrogen-bond donors (Lipinski definition) is 0. The van der Waals surface area contributed by atoms with E-state index in [-0.39, 0.29) is 0 Å². The van der Waals surface area contributed by atoms with Gasteiger partial charge in [0.05, 0.1) is 25.3 Å². The van der Waals surface area contributed by atoms with E-state index in [4.69, 9.17) is 10.00 Å². The zero-order valence-corrected chi connectivity index (χ0v) is 10.5. The molecule has 2 aromatic rings. The number of nitriles is 1. The molecular weight excluding hydrogens is 232 g/mol. The summed E-state index contributed by atoms with van der Waals surface area (Å²) in [5.41, 5.74) is 2.01. The lowest BCUT2D eigenvalue weighted by Crippen LogP contribution is -1.82. The maximum Gasteiger partial charge on any atom is 0.123 e. The molecule has 0 atom stereocenters. The van der Waals surface area contributed by atoms with Crippen molar-refractivity contribution < 1.29 is 4.74 Å². The molecule has 0 aliphatic heterocycles. The average molecular weight is 244 g/mol. The first-order valence-electron chi connectivity index (χ1n) is 5.22. The SMILES string of the molecule is COc1ccc(-c2nc(C)c(CC#N)s2)cc1. The number of methoxy groups -OCH3 is 1. The first kappa shape index (κ1) is 11.6. The van der Waals surface area contributed by atoms with Gasteiger partial charge < -0.3 is 4.74 Å². The second kappa shape index (κ2) is 4.98. The third-order valence-electron chi connectivity index (χ3n) is 2.47. The molecule has 0 radical (unpaired) electrons. The Morgan fingerprint density at radius 1 is 1.35 bits per heavy atom. The fourth-order valence-corrected chi connectivity index (χ4v) is 2.52. The second-order valence-electron chi connectivity index (χ2n) is 3.59. The van der Waals surface area contributed by atoms with E-state index < -0.39 is 0 Å². The second-order valence-corrected chi connectivity index (χ2v) is 4.67. The zero-order valence-electron chi connectivity index (χ0n) is 9.73. The van der Waals surface area contributed by atoms with Crippen LogP contribution in [0.25, 0.3) is 10.6 Å². The molecule has 0 saturated heterocycles. The van der Waals surface area contributed by atoms with E-state index in [1.54, 1.807) is 18.4 Å². The Kier molecular flexibility index (Phi) is 3.40. The van der Waals surface area contributed by atoms with E-state index in [0.29, 0.717) is 6.42 Å². The van der Waals surface area contributed by atoms with Gasteiger partial charge in [0.25, 0.3) is 0 Å². The van der Waals surface area contributed by atoms with Crippen LogP contribution < -0.4 is 4.74 Å². The van der Waals surface area contributed by atoms with Gasteiger partial charge in [-0.1, -0.05) is 0 Å². The van der Waals surface area contributed by atoms with Gasteiger partial charge in [0.1, 0.15) is 10.8 Å². The number of benzene rings is 1. The first-order chi connectivity index (χ1) is 8.24. The number of aromatic nitrogens is 1. The fraction of sp³-hybridized carbons (Fsp3) is 0.231. The summed E-state index contributed by atoms with van der Waals surface area (Å²) in [6, 6.07) is 9.94. The van der Waals surface area contributed by atoms with Gasteiger partial charge in [-0.25, -0.2) is 4.98 Å². The molecule has 3 nitrogen and oxygen atoms in total. The van der Waals surface area contributed by atoms with Crippen LogP contribution in [-0.2, 0) is 6.42 Å². The van der Waals surface area contributed by atoms with Gasteiger partial charge in [-0.3, -0.25) is 0 Å². The van der Waals surface area contributed by atoms with Crippen molar-refractivity contribution >= 4 is 11.3 Å². The Bertz CT molecular complexity index is 552. The van der Waals surface area contributed by atoms with Crippen LogP contribution in [0.5, 0.6) is 5.75 Å². The smallest absolute Gasteiger partial charge is 0.123 e. The molecule has 0 spiro atoms. The maximum absolute atomic E-state index is 8.70. The van der Waals surface area contributed by atoms with E-state index in [9.17, 15) is 0 Å². The Morgan fingerprint density at radius 3 is 2.65 bits per heavy atom. The predicted molar refractivity (Wildman–Crippen MR) is 68.2 cm³/mol. The topological polar surface area (TPSA) is 45.9 Å². The highest BCUT2D eigenvalue weighted by atomic mass is 32.1. The minimum Gasteiger partial charge on any atom is -0.497 e. The van der Waals surface area contributed by atoms with Crippen molar-refractivity contribution in [2.45, 2.75) is 13.3 Å². The van der Waals surface area contributed by atoms with E-state index in [1.165, 1.54) is 0 Å². The first-order valence-corrected chi connectivity index (χ1v) is 6.04. The number of rotatable bonds is 3. The van der Waals surface area contributed by atoms with E-state index in [2.05, 4.69) is 11.1 Å². The summed E-state index contributed by atoms with van der Waals surface area (Å²) >= 11 is 1.58. The van der Waals surface area contributed by atoms with Crippen molar-refractivity contribution in [3.05, 3.63) is 34.8 Å². The van der Waals surface area contributed by atoms with Crippen molar-refractivity contribution in [1.29, 1.82) is 5.26 Å². The molecule has 0 aliphatic carbocycles. The highest BCUT2D eigenvalue weighted by molar-refractivity contribution is 7.15. The molecule has 86 valence electrons. The number of aryl methyl sites for hydroxylation is 1. The molecule has 0 saturated carbocycles. The lowest BCUT2D eigenvalue weighted by Gasteiger charge is -1.99. The van der Waals surface area contributed by atoms with Crippen molar-refractivity contribution in [1.82, 2.24) is 4.98 Å². The predicted octanol–water partition coefficient (Wildman–Crippen LogP) is 3.19. The van der Waals surface area contributed by atoms with E-state index in [1.807, 2.05) is 31.2 Å². The normalized spacial score (nSPS) is 9.94. The lowest BCUT2D eigenvalue weighted by atomic mass is 10.2. The summed E-state index contributed by atoms with van der Waals surface area (Å²) in [5, 5.41) is 9.66. The fourth-order valence-electron chi connectivity index (χ4n) is 1.52. The summed E-state index contributed by atoms with van der Waals surface area (Å²) in [4.78, 5) is 5.52. The number of ether oxygens (including phenoxy) is 1. The van der Waals surface area contributed by atoms with Gasteiger partial charge >= 0.3 is 0 Å². The summed E-state index contributed by atoms with van der Waals surface area (Å²) in [6.45, 7) is 1.94. The van der Waals surface area contributed by atoms with Gasteiger partial charge in [-0.15, -0.1) is 11.3 Å². The summed E-state index contributed by atoms with van der Waals surface area (Å²) in [6.07, 6.45) is 0.430. The maximum atomic E-state index is 8.70. The standard InChI is InChI=1S/C13H12N2OS/c1-9-12(7-8-14)17-13(15-9)10-3-5-11(16-2)6-4-10/h3-6H,7H2,1-2H3. The molecule has 0 amide bonds. The van der Waals surface area contributed by atoms with Crippen LogP contribution in [0, 0.1) is 18.3 Å². The highest BCUT2D eigenvalue weighted by Gasteiger charge is 2.08.